The maximum atomic E-state index is 11.5. The van der Waals surface area contributed by atoms with Gasteiger partial charge in [0.2, 0.25) is 0 Å². The quantitative estimate of drug-likeness (QED) is 0.803. The first-order valence-corrected chi connectivity index (χ1v) is 6.58. The van der Waals surface area contributed by atoms with Crippen molar-refractivity contribution in [3.8, 4) is 23.0 Å². The first-order chi connectivity index (χ1) is 10.7. The van der Waals surface area contributed by atoms with Gasteiger partial charge in [-0.15, -0.1) is 0 Å². The molecule has 0 aliphatic rings. The van der Waals surface area contributed by atoms with Crippen LogP contribution in [0.5, 0.6) is 0 Å². The Morgan fingerprint density at radius 1 is 1.09 bits per heavy atom. The van der Waals surface area contributed by atoms with E-state index >= 15 is 0 Å². The first-order valence-electron chi connectivity index (χ1n) is 6.58. The molecule has 1 N–H and O–H groups in total. The Morgan fingerprint density at radius 3 is 2.36 bits per heavy atom. The summed E-state index contributed by atoms with van der Waals surface area (Å²) < 4.78 is 1.54. The van der Waals surface area contributed by atoms with Gasteiger partial charge in [0, 0.05) is 11.8 Å². The molecule has 22 heavy (non-hydrogen) atoms. The van der Waals surface area contributed by atoms with Gasteiger partial charge in [-0.25, -0.2) is 9.48 Å². The highest BCUT2D eigenvalue weighted by Crippen LogP contribution is 2.24. The molecule has 0 saturated carbocycles. The summed E-state index contributed by atoms with van der Waals surface area (Å²) in [5, 5.41) is 22.6. The first kappa shape index (κ1) is 13.6. The highest BCUT2D eigenvalue weighted by atomic mass is 16.4. The Morgan fingerprint density at radius 2 is 1.77 bits per heavy atom. The second kappa shape index (κ2) is 5.54. The van der Waals surface area contributed by atoms with Crippen LogP contribution in [-0.4, -0.2) is 20.9 Å². The van der Waals surface area contributed by atoms with Crippen molar-refractivity contribution in [2.45, 2.75) is 0 Å². The van der Waals surface area contributed by atoms with Gasteiger partial charge in [0.1, 0.15) is 11.3 Å². The molecule has 0 aliphatic heterocycles. The topological polar surface area (TPSA) is 78.9 Å². The molecule has 0 spiro atoms. The minimum atomic E-state index is -1.04. The van der Waals surface area contributed by atoms with Crippen molar-refractivity contribution in [1.29, 1.82) is 5.26 Å². The van der Waals surface area contributed by atoms with E-state index in [0.29, 0.717) is 16.8 Å². The average Bonchev–Trinajstić information content (AvgIpc) is 3.01. The van der Waals surface area contributed by atoms with Crippen molar-refractivity contribution in [3.05, 3.63) is 71.9 Å². The van der Waals surface area contributed by atoms with Gasteiger partial charge in [-0.2, -0.15) is 10.4 Å². The van der Waals surface area contributed by atoms with E-state index in [1.165, 1.54) is 10.9 Å². The number of carbonyl (C=O) groups is 1. The fourth-order valence-electron chi connectivity index (χ4n) is 2.16. The molecule has 5 nitrogen and oxygen atoms in total. The van der Waals surface area contributed by atoms with Crippen LogP contribution in [0.1, 0.15) is 15.9 Å². The second-order valence-electron chi connectivity index (χ2n) is 4.67. The third-order valence-electron chi connectivity index (χ3n) is 3.25. The van der Waals surface area contributed by atoms with Gasteiger partial charge < -0.3 is 5.11 Å². The highest BCUT2D eigenvalue weighted by molar-refractivity contribution is 5.94. The van der Waals surface area contributed by atoms with Gasteiger partial charge in [-0.3, -0.25) is 0 Å². The molecule has 5 heteroatoms. The lowest BCUT2D eigenvalue weighted by atomic mass is 10.1. The van der Waals surface area contributed by atoms with E-state index in [2.05, 4.69) is 5.10 Å². The fraction of sp³-hybridized carbons (Fsp3) is 0. The molecule has 106 valence electrons. The largest absolute Gasteiger partial charge is 0.478 e. The number of nitriles is 1. The van der Waals surface area contributed by atoms with Crippen LogP contribution in [0.2, 0.25) is 0 Å². The van der Waals surface area contributed by atoms with Crippen molar-refractivity contribution in [2.24, 2.45) is 0 Å². The second-order valence-corrected chi connectivity index (χ2v) is 4.67. The molecule has 1 aromatic heterocycles. The molecule has 0 aliphatic carbocycles. The van der Waals surface area contributed by atoms with E-state index < -0.39 is 5.97 Å². The number of para-hydroxylation sites is 1. The van der Waals surface area contributed by atoms with Crippen LogP contribution in [-0.2, 0) is 0 Å². The number of carboxylic acids is 1. The molecule has 3 rings (SSSR count). The summed E-state index contributed by atoms with van der Waals surface area (Å²) in [5.74, 6) is -1.04. The van der Waals surface area contributed by atoms with Crippen molar-refractivity contribution in [1.82, 2.24) is 9.78 Å². The zero-order valence-electron chi connectivity index (χ0n) is 11.5. The van der Waals surface area contributed by atoms with Crippen molar-refractivity contribution < 1.29 is 9.90 Å². The molecular formula is C17H11N3O2. The number of benzene rings is 2. The third-order valence-corrected chi connectivity index (χ3v) is 3.25. The molecule has 3 aromatic rings. The van der Waals surface area contributed by atoms with Gasteiger partial charge in [-0.1, -0.05) is 30.3 Å². The molecule has 0 fully saturated rings. The third kappa shape index (κ3) is 2.45. The summed E-state index contributed by atoms with van der Waals surface area (Å²) in [6, 6.07) is 18.0. The van der Waals surface area contributed by atoms with Crippen LogP contribution in [0.15, 0.2) is 60.8 Å². The van der Waals surface area contributed by atoms with Gasteiger partial charge in [-0.05, 0) is 24.3 Å². The summed E-state index contributed by atoms with van der Waals surface area (Å²) in [4.78, 5) is 11.5. The normalized spacial score (nSPS) is 10.1. The molecule has 0 radical (unpaired) electrons. The van der Waals surface area contributed by atoms with Crippen LogP contribution >= 0.6 is 0 Å². The Balaban J connectivity index is 2.12. The highest BCUT2D eigenvalue weighted by Gasteiger charge is 2.17. The van der Waals surface area contributed by atoms with Gasteiger partial charge >= 0.3 is 5.97 Å². The molecule has 2 aromatic carbocycles. The maximum absolute atomic E-state index is 11.5. The van der Waals surface area contributed by atoms with Crippen LogP contribution in [0.3, 0.4) is 0 Å². The van der Waals surface area contributed by atoms with Gasteiger partial charge in [0.05, 0.1) is 17.3 Å². The average molecular weight is 289 g/mol. The fourth-order valence-corrected chi connectivity index (χ4v) is 2.16. The summed E-state index contributed by atoms with van der Waals surface area (Å²) in [5.41, 5.74) is 2.45. The molecule has 0 atom stereocenters. The molecule has 0 saturated heterocycles. The number of rotatable bonds is 3. The molecule has 0 bridgehead atoms. The predicted octanol–water partition coefficient (Wildman–Crippen LogP) is 3.11. The maximum Gasteiger partial charge on any atom is 0.339 e. The standard InChI is InChI=1S/C17H11N3O2/c18-10-12-6-8-13(9-7-12)16-15(17(21)22)11-20(19-16)14-4-2-1-3-5-14/h1-9,11H,(H,21,22). The lowest BCUT2D eigenvalue weighted by Crippen LogP contribution is -1.96. The van der Waals surface area contributed by atoms with E-state index in [1.54, 1.807) is 24.3 Å². The zero-order valence-corrected chi connectivity index (χ0v) is 11.5. The van der Waals surface area contributed by atoms with Crippen molar-refractivity contribution >= 4 is 5.97 Å². The Labute approximate surface area is 126 Å². The molecule has 0 unspecified atom stereocenters. The monoisotopic (exact) mass is 289 g/mol. The van der Waals surface area contributed by atoms with Crippen LogP contribution in [0.4, 0.5) is 0 Å². The van der Waals surface area contributed by atoms with Crippen molar-refractivity contribution in [3.63, 3.8) is 0 Å². The SMILES string of the molecule is N#Cc1ccc(-c2nn(-c3ccccc3)cc2C(=O)O)cc1. The summed E-state index contributed by atoms with van der Waals surface area (Å²) in [6.07, 6.45) is 1.49. The number of carboxylic acid groups (broad SMARTS) is 1. The molecule has 0 amide bonds. The number of hydrogen-bond donors (Lipinski definition) is 1. The van der Waals surface area contributed by atoms with E-state index in [9.17, 15) is 9.90 Å². The van der Waals surface area contributed by atoms with Gasteiger partial charge in [0.15, 0.2) is 0 Å². The van der Waals surface area contributed by atoms with E-state index in [4.69, 9.17) is 5.26 Å². The van der Waals surface area contributed by atoms with Gasteiger partial charge in [0.25, 0.3) is 0 Å². The Hall–Kier alpha value is -3.39. The smallest absolute Gasteiger partial charge is 0.339 e. The number of nitrogens with zero attached hydrogens (tertiary/aromatic N) is 3. The summed E-state index contributed by atoms with van der Waals surface area (Å²) >= 11 is 0. The van der Waals surface area contributed by atoms with E-state index in [1.807, 2.05) is 36.4 Å². The summed E-state index contributed by atoms with van der Waals surface area (Å²) in [6.45, 7) is 0. The minimum Gasteiger partial charge on any atom is -0.478 e. The van der Waals surface area contributed by atoms with Crippen molar-refractivity contribution in [2.75, 3.05) is 0 Å². The van der Waals surface area contributed by atoms with E-state index in [0.717, 1.165) is 5.69 Å². The number of aromatic nitrogens is 2. The lowest BCUT2D eigenvalue weighted by molar-refractivity contribution is 0.0697. The predicted molar refractivity (Wildman–Crippen MR) is 80.7 cm³/mol. The lowest BCUT2D eigenvalue weighted by Gasteiger charge is -2.00. The number of aromatic carboxylic acids is 1. The zero-order chi connectivity index (χ0) is 15.5. The Kier molecular flexibility index (Phi) is 3.42. The number of hydrogen-bond acceptors (Lipinski definition) is 3. The Bertz CT molecular complexity index is 859. The molecule has 1 heterocycles. The van der Waals surface area contributed by atoms with Crippen LogP contribution < -0.4 is 0 Å². The summed E-state index contributed by atoms with van der Waals surface area (Å²) in [7, 11) is 0. The van der Waals surface area contributed by atoms with E-state index in [-0.39, 0.29) is 5.56 Å². The van der Waals surface area contributed by atoms with Crippen LogP contribution in [0.25, 0.3) is 16.9 Å². The molecular weight excluding hydrogens is 278 g/mol. The van der Waals surface area contributed by atoms with Crippen LogP contribution in [0, 0.1) is 11.3 Å². The minimum absolute atomic E-state index is 0.119.